The SMILES string of the molecule is O=[N+]([O-])c1c(N[C@H]2CCc3ccccc3C2)nc2ccccn12. The van der Waals surface area contributed by atoms with Crippen LogP contribution in [0.25, 0.3) is 5.65 Å². The standard InChI is InChI=1S/C17H16N4O2/c22-21(23)17-16(19-15-7-3-4-10-20(15)17)18-14-9-8-12-5-1-2-6-13(12)11-14/h1-7,10,14,18H,8-9,11H2/t14-/m0/s1. The van der Waals surface area contributed by atoms with Crippen LogP contribution in [0.5, 0.6) is 0 Å². The van der Waals surface area contributed by atoms with E-state index in [2.05, 4.69) is 28.5 Å². The van der Waals surface area contributed by atoms with Crippen molar-refractivity contribution >= 4 is 17.3 Å². The first-order chi connectivity index (χ1) is 11.2. The number of anilines is 1. The van der Waals surface area contributed by atoms with Crippen LogP contribution in [0.1, 0.15) is 17.5 Å². The molecule has 6 heteroatoms. The Balaban J connectivity index is 1.66. The largest absolute Gasteiger partial charge is 0.372 e. The summed E-state index contributed by atoms with van der Waals surface area (Å²) in [6.45, 7) is 0. The monoisotopic (exact) mass is 308 g/mol. The highest BCUT2D eigenvalue weighted by Crippen LogP contribution is 2.29. The zero-order valence-corrected chi connectivity index (χ0v) is 12.5. The van der Waals surface area contributed by atoms with Gasteiger partial charge in [0.1, 0.15) is 0 Å². The predicted molar refractivity (Wildman–Crippen MR) is 87.7 cm³/mol. The van der Waals surface area contributed by atoms with E-state index in [1.807, 2.05) is 12.1 Å². The fraction of sp³-hybridized carbons (Fsp3) is 0.235. The van der Waals surface area contributed by atoms with E-state index < -0.39 is 0 Å². The third kappa shape index (κ3) is 2.42. The summed E-state index contributed by atoms with van der Waals surface area (Å²) in [5, 5.41) is 14.7. The van der Waals surface area contributed by atoms with Crippen molar-refractivity contribution in [1.82, 2.24) is 9.38 Å². The summed E-state index contributed by atoms with van der Waals surface area (Å²) in [5.41, 5.74) is 3.26. The molecular weight excluding hydrogens is 292 g/mol. The van der Waals surface area contributed by atoms with E-state index in [0.717, 1.165) is 19.3 Å². The minimum Gasteiger partial charge on any atom is -0.360 e. The molecule has 1 aliphatic carbocycles. The second-order valence-electron chi connectivity index (χ2n) is 5.82. The Morgan fingerprint density at radius 1 is 1.17 bits per heavy atom. The fourth-order valence-electron chi connectivity index (χ4n) is 3.27. The molecule has 0 unspecified atom stereocenters. The predicted octanol–water partition coefficient (Wildman–Crippen LogP) is 3.21. The molecule has 2 heterocycles. The molecule has 0 spiro atoms. The first kappa shape index (κ1) is 13.8. The Morgan fingerprint density at radius 2 is 1.96 bits per heavy atom. The first-order valence-electron chi connectivity index (χ1n) is 7.67. The van der Waals surface area contributed by atoms with Gasteiger partial charge in [0.15, 0.2) is 0 Å². The van der Waals surface area contributed by atoms with Crippen molar-refractivity contribution in [3.05, 3.63) is 69.9 Å². The van der Waals surface area contributed by atoms with Crippen LogP contribution in [0, 0.1) is 10.1 Å². The topological polar surface area (TPSA) is 72.5 Å². The number of hydrogen-bond donors (Lipinski definition) is 1. The van der Waals surface area contributed by atoms with Gasteiger partial charge in [-0.1, -0.05) is 30.3 Å². The number of imidazole rings is 1. The summed E-state index contributed by atoms with van der Waals surface area (Å²) < 4.78 is 1.51. The zero-order valence-electron chi connectivity index (χ0n) is 12.5. The molecule has 0 fully saturated rings. The van der Waals surface area contributed by atoms with E-state index in [9.17, 15) is 10.1 Å². The van der Waals surface area contributed by atoms with Gasteiger partial charge < -0.3 is 15.4 Å². The molecule has 1 aliphatic rings. The van der Waals surface area contributed by atoms with Gasteiger partial charge in [-0.15, -0.1) is 0 Å². The number of pyridine rings is 1. The minimum atomic E-state index is -0.376. The van der Waals surface area contributed by atoms with Crippen molar-refractivity contribution in [2.75, 3.05) is 5.32 Å². The van der Waals surface area contributed by atoms with Crippen LogP contribution < -0.4 is 5.32 Å². The van der Waals surface area contributed by atoms with Crippen molar-refractivity contribution in [2.24, 2.45) is 0 Å². The normalized spacial score (nSPS) is 17.0. The van der Waals surface area contributed by atoms with Gasteiger partial charge in [0, 0.05) is 12.1 Å². The summed E-state index contributed by atoms with van der Waals surface area (Å²) in [6.07, 6.45) is 4.46. The molecule has 1 N–H and O–H groups in total. The Hall–Kier alpha value is -2.89. The molecule has 6 nitrogen and oxygen atoms in total. The molecule has 1 atom stereocenters. The van der Waals surface area contributed by atoms with Crippen LogP contribution in [-0.4, -0.2) is 20.3 Å². The number of rotatable bonds is 3. The number of benzene rings is 1. The van der Waals surface area contributed by atoms with Crippen LogP contribution >= 0.6 is 0 Å². The van der Waals surface area contributed by atoms with Crippen LogP contribution in [0.4, 0.5) is 11.6 Å². The highest BCUT2D eigenvalue weighted by Gasteiger charge is 2.26. The van der Waals surface area contributed by atoms with Crippen molar-refractivity contribution < 1.29 is 4.92 Å². The summed E-state index contributed by atoms with van der Waals surface area (Å²) in [4.78, 5) is 15.5. The van der Waals surface area contributed by atoms with Gasteiger partial charge in [0.2, 0.25) is 11.5 Å². The lowest BCUT2D eigenvalue weighted by Crippen LogP contribution is -2.27. The number of nitrogens with zero attached hydrogens (tertiary/aromatic N) is 3. The number of nitro groups is 1. The number of aromatic nitrogens is 2. The van der Waals surface area contributed by atoms with Crippen molar-refractivity contribution in [3.8, 4) is 0 Å². The van der Waals surface area contributed by atoms with Gasteiger partial charge in [-0.05, 0) is 41.4 Å². The van der Waals surface area contributed by atoms with Crippen LogP contribution in [0.3, 0.4) is 0 Å². The number of nitrogens with one attached hydrogen (secondary N) is 1. The average Bonchev–Trinajstić information content (AvgIpc) is 2.92. The second-order valence-corrected chi connectivity index (χ2v) is 5.82. The zero-order chi connectivity index (χ0) is 15.8. The Labute approximate surface area is 132 Å². The quantitative estimate of drug-likeness (QED) is 0.595. The van der Waals surface area contributed by atoms with Gasteiger partial charge in [-0.3, -0.25) is 0 Å². The third-order valence-electron chi connectivity index (χ3n) is 4.37. The molecular formula is C17H16N4O2. The number of fused-ring (bicyclic) bond motifs is 2. The number of aryl methyl sites for hydroxylation is 1. The molecule has 0 amide bonds. The Morgan fingerprint density at radius 3 is 2.78 bits per heavy atom. The van der Waals surface area contributed by atoms with Gasteiger partial charge in [-0.2, -0.15) is 9.38 Å². The van der Waals surface area contributed by atoms with E-state index in [4.69, 9.17) is 0 Å². The molecule has 0 bridgehead atoms. The number of hydrogen-bond acceptors (Lipinski definition) is 4. The van der Waals surface area contributed by atoms with Crippen molar-refractivity contribution in [2.45, 2.75) is 25.3 Å². The smallest absolute Gasteiger partial charge is 0.360 e. The van der Waals surface area contributed by atoms with Gasteiger partial charge in [-0.25, -0.2) is 0 Å². The summed E-state index contributed by atoms with van der Waals surface area (Å²) in [7, 11) is 0. The molecule has 0 aliphatic heterocycles. The third-order valence-corrected chi connectivity index (χ3v) is 4.37. The summed E-state index contributed by atoms with van der Waals surface area (Å²) in [5.74, 6) is 0.352. The second kappa shape index (κ2) is 5.39. The van der Waals surface area contributed by atoms with Gasteiger partial charge in [0.05, 0.1) is 6.20 Å². The van der Waals surface area contributed by atoms with E-state index in [-0.39, 0.29) is 16.8 Å². The maximum absolute atomic E-state index is 11.4. The molecule has 2 aromatic heterocycles. The first-order valence-corrected chi connectivity index (χ1v) is 7.67. The average molecular weight is 308 g/mol. The van der Waals surface area contributed by atoms with Gasteiger partial charge in [0.25, 0.3) is 0 Å². The van der Waals surface area contributed by atoms with Crippen molar-refractivity contribution in [3.63, 3.8) is 0 Å². The molecule has 1 aromatic carbocycles. The van der Waals surface area contributed by atoms with E-state index in [1.54, 1.807) is 18.3 Å². The van der Waals surface area contributed by atoms with Gasteiger partial charge >= 0.3 is 5.82 Å². The lowest BCUT2D eigenvalue weighted by atomic mass is 9.88. The molecule has 3 aromatic rings. The Bertz CT molecular complexity index is 887. The maximum atomic E-state index is 11.4. The highest BCUT2D eigenvalue weighted by molar-refractivity contribution is 5.62. The maximum Gasteiger partial charge on any atom is 0.372 e. The van der Waals surface area contributed by atoms with Crippen LogP contribution in [0.2, 0.25) is 0 Å². The fourth-order valence-corrected chi connectivity index (χ4v) is 3.27. The summed E-state index contributed by atoms with van der Waals surface area (Å²) in [6, 6.07) is 13.9. The molecule has 116 valence electrons. The molecule has 0 radical (unpaired) electrons. The van der Waals surface area contributed by atoms with Crippen molar-refractivity contribution in [1.29, 1.82) is 0 Å². The molecule has 23 heavy (non-hydrogen) atoms. The Kier molecular flexibility index (Phi) is 3.22. The molecule has 0 saturated heterocycles. The van der Waals surface area contributed by atoms with Crippen LogP contribution in [-0.2, 0) is 12.8 Å². The lowest BCUT2D eigenvalue weighted by molar-refractivity contribution is -0.389. The van der Waals surface area contributed by atoms with Crippen LogP contribution in [0.15, 0.2) is 48.7 Å². The van der Waals surface area contributed by atoms with E-state index in [1.165, 1.54) is 15.5 Å². The molecule has 0 saturated carbocycles. The van der Waals surface area contributed by atoms with E-state index in [0.29, 0.717) is 11.5 Å². The molecule has 4 rings (SSSR count). The highest BCUT2D eigenvalue weighted by atomic mass is 16.6. The van der Waals surface area contributed by atoms with E-state index >= 15 is 0 Å². The summed E-state index contributed by atoms with van der Waals surface area (Å²) >= 11 is 0. The minimum absolute atomic E-state index is 0.000501. The lowest BCUT2D eigenvalue weighted by Gasteiger charge is -2.25.